The largest absolute Gasteiger partial charge is 0.459 e. The van der Waals surface area contributed by atoms with Crippen molar-refractivity contribution in [3.63, 3.8) is 0 Å². The molecule has 1 fully saturated rings. The number of carbonyl (C=O) groups is 2. The fraction of sp³-hybridized carbons (Fsp3) is 0.263. The van der Waals surface area contributed by atoms with Crippen LogP contribution >= 0.6 is 0 Å². The summed E-state index contributed by atoms with van der Waals surface area (Å²) in [6.45, 7) is -0.363. The van der Waals surface area contributed by atoms with Gasteiger partial charge in [-0.2, -0.15) is 0 Å². The van der Waals surface area contributed by atoms with Gasteiger partial charge in [0.15, 0.2) is 18.6 Å². The molecule has 0 bridgehead atoms. The third-order valence-electron chi connectivity index (χ3n) is 3.91. The molecule has 0 saturated carbocycles. The smallest absolute Gasteiger partial charge is 0.338 e. The van der Waals surface area contributed by atoms with Gasteiger partial charge in [0.2, 0.25) is 0 Å². The molecule has 0 aliphatic carbocycles. The lowest BCUT2D eigenvalue weighted by atomic mass is 10.1. The maximum Gasteiger partial charge on any atom is 0.338 e. The average Bonchev–Trinajstić information content (AvgIpc) is 2.95. The summed E-state index contributed by atoms with van der Waals surface area (Å²) in [5.41, 5.74) is 0.557. The first-order chi connectivity index (χ1) is 12.6. The van der Waals surface area contributed by atoms with E-state index in [4.69, 9.17) is 14.2 Å². The standard InChI is InChI=1S/C19H17FO6/c20-15-16(26-18(22)13-9-5-2-6-10-13)14(25-19(15)23)11-24-17(21)12-7-3-1-4-8-12/h1-10,14-16,19,23H,11H2/t14-,15+,16-,19-/m1/s1. The summed E-state index contributed by atoms with van der Waals surface area (Å²) >= 11 is 0. The second-order valence-corrected chi connectivity index (χ2v) is 5.71. The lowest BCUT2D eigenvalue weighted by molar-refractivity contribution is -0.122. The number of hydrogen-bond acceptors (Lipinski definition) is 6. The molecule has 0 amide bonds. The number of aliphatic hydroxyl groups is 1. The fourth-order valence-electron chi connectivity index (χ4n) is 2.56. The second-order valence-electron chi connectivity index (χ2n) is 5.71. The van der Waals surface area contributed by atoms with Crippen molar-refractivity contribution in [1.29, 1.82) is 0 Å². The number of benzene rings is 2. The van der Waals surface area contributed by atoms with E-state index in [0.29, 0.717) is 5.56 Å². The van der Waals surface area contributed by atoms with E-state index in [1.807, 2.05) is 0 Å². The average molecular weight is 360 g/mol. The number of halogens is 1. The zero-order valence-corrected chi connectivity index (χ0v) is 13.7. The number of aliphatic hydroxyl groups excluding tert-OH is 1. The van der Waals surface area contributed by atoms with Gasteiger partial charge in [0, 0.05) is 0 Å². The summed E-state index contributed by atoms with van der Waals surface area (Å²) < 4.78 is 29.4. The third kappa shape index (κ3) is 4.07. The molecular formula is C19H17FO6. The quantitative estimate of drug-likeness (QED) is 0.823. The van der Waals surface area contributed by atoms with Crippen molar-refractivity contribution >= 4 is 11.9 Å². The zero-order chi connectivity index (χ0) is 18.5. The van der Waals surface area contributed by atoms with E-state index >= 15 is 0 Å². The first-order valence-corrected chi connectivity index (χ1v) is 8.02. The highest BCUT2D eigenvalue weighted by Gasteiger charge is 2.47. The number of ether oxygens (including phenoxy) is 3. The molecule has 0 spiro atoms. The Hall–Kier alpha value is -2.77. The van der Waals surface area contributed by atoms with Crippen LogP contribution in [-0.4, -0.2) is 48.3 Å². The van der Waals surface area contributed by atoms with Gasteiger partial charge < -0.3 is 19.3 Å². The molecule has 7 heteroatoms. The highest BCUT2D eigenvalue weighted by Crippen LogP contribution is 2.26. The molecule has 6 nitrogen and oxygen atoms in total. The Balaban J connectivity index is 1.63. The number of carbonyl (C=O) groups excluding carboxylic acids is 2. The Bertz CT molecular complexity index is 751. The molecule has 0 aromatic heterocycles. The van der Waals surface area contributed by atoms with E-state index < -0.39 is 36.6 Å². The molecule has 1 N–H and O–H groups in total. The van der Waals surface area contributed by atoms with E-state index in [9.17, 15) is 19.1 Å². The van der Waals surface area contributed by atoms with Crippen molar-refractivity contribution in [2.24, 2.45) is 0 Å². The van der Waals surface area contributed by atoms with Gasteiger partial charge >= 0.3 is 11.9 Å². The SMILES string of the molecule is O=C(OC[C@H]1O[C@@H](O)[C@@H](F)[C@@H]1OC(=O)c1ccccc1)c1ccccc1. The Morgan fingerprint density at radius 2 is 1.50 bits per heavy atom. The van der Waals surface area contributed by atoms with Crippen LogP contribution in [0.4, 0.5) is 4.39 Å². The first-order valence-electron chi connectivity index (χ1n) is 8.02. The molecule has 0 radical (unpaired) electrons. The van der Waals surface area contributed by atoms with Crippen molar-refractivity contribution in [3.8, 4) is 0 Å². The van der Waals surface area contributed by atoms with Crippen LogP contribution in [-0.2, 0) is 14.2 Å². The van der Waals surface area contributed by atoms with Gasteiger partial charge in [-0.05, 0) is 24.3 Å². The Kier molecular flexibility index (Phi) is 5.60. The monoisotopic (exact) mass is 360 g/mol. The summed E-state index contributed by atoms with van der Waals surface area (Å²) in [5.74, 6) is -1.38. The third-order valence-corrected chi connectivity index (χ3v) is 3.91. The summed E-state index contributed by atoms with van der Waals surface area (Å²) in [4.78, 5) is 24.1. The van der Waals surface area contributed by atoms with Crippen LogP contribution < -0.4 is 0 Å². The molecule has 4 atom stereocenters. The van der Waals surface area contributed by atoms with E-state index in [2.05, 4.69) is 0 Å². The van der Waals surface area contributed by atoms with Crippen molar-refractivity contribution in [1.82, 2.24) is 0 Å². The minimum atomic E-state index is -1.94. The van der Waals surface area contributed by atoms with E-state index in [1.165, 1.54) is 12.1 Å². The maximum absolute atomic E-state index is 14.2. The van der Waals surface area contributed by atoms with Crippen LogP contribution in [0.5, 0.6) is 0 Å². The maximum atomic E-state index is 14.2. The second kappa shape index (κ2) is 8.07. The van der Waals surface area contributed by atoms with Gasteiger partial charge in [-0.25, -0.2) is 14.0 Å². The molecule has 1 heterocycles. The topological polar surface area (TPSA) is 82.1 Å². The van der Waals surface area contributed by atoms with Crippen LogP contribution in [0.25, 0.3) is 0 Å². The molecule has 1 saturated heterocycles. The number of esters is 2. The normalized spacial score (nSPS) is 24.8. The number of alkyl halides is 1. The van der Waals surface area contributed by atoms with Gasteiger partial charge in [0.25, 0.3) is 0 Å². The predicted octanol–water partition coefficient (Wildman–Crippen LogP) is 2.12. The van der Waals surface area contributed by atoms with E-state index in [-0.39, 0.29) is 12.2 Å². The van der Waals surface area contributed by atoms with Crippen LogP contribution in [0.2, 0.25) is 0 Å². The van der Waals surface area contributed by atoms with Gasteiger partial charge in [-0.15, -0.1) is 0 Å². The van der Waals surface area contributed by atoms with Gasteiger partial charge in [0.05, 0.1) is 11.1 Å². The lowest BCUT2D eigenvalue weighted by Gasteiger charge is -2.19. The zero-order valence-electron chi connectivity index (χ0n) is 13.7. The fourth-order valence-corrected chi connectivity index (χ4v) is 2.56. The van der Waals surface area contributed by atoms with Gasteiger partial charge in [-0.1, -0.05) is 36.4 Å². The van der Waals surface area contributed by atoms with E-state index in [0.717, 1.165) is 0 Å². The molecule has 1 aliphatic rings. The molecule has 26 heavy (non-hydrogen) atoms. The molecule has 136 valence electrons. The minimum Gasteiger partial charge on any atom is -0.459 e. The summed E-state index contributed by atoms with van der Waals surface area (Å²) in [5, 5.41) is 9.58. The Morgan fingerprint density at radius 3 is 2.08 bits per heavy atom. The van der Waals surface area contributed by atoms with Crippen molar-refractivity contribution in [2.75, 3.05) is 6.61 Å². The molecule has 2 aromatic carbocycles. The Morgan fingerprint density at radius 1 is 0.962 bits per heavy atom. The molecular weight excluding hydrogens is 343 g/mol. The Labute approximate surface area is 149 Å². The summed E-state index contributed by atoms with van der Waals surface area (Å²) in [6, 6.07) is 16.3. The van der Waals surface area contributed by atoms with Crippen molar-refractivity contribution in [2.45, 2.75) is 24.7 Å². The highest BCUT2D eigenvalue weighted by molar-refractivity contribution is 5.90. The highest BCUT2D eigenvalue weighted by atomic mass is 19.1. The molecule has 2 aromatic rings. The lowest BCUT2D eigenvalue weighted by Crippen LogP contribution is -2.37. The molecule has 1 aliphatic heterocycles. The van der Waals surface area contributed by atoms with Gasteiger partial charge in [0.1, 0.15) is 12.7 Å². The van der Waals surface area contributed by atoms with Crippen LogP contribution in [0.3, 0.4) is 0 Å². The number of rotatable bonds is 5. The molecule has 0 unspecified atom stereocenters. The van der Waals surface area contributed by atoms with Gasteiger partial charge in [-0.3, -0.25) is 0 Å². The van der Waals surface area contributed by atoms with E-state index in [1.54, 1.807) is 48.5 Å². The first kappa shape index (κ1) is 18.0. The van der Waals surface area contributed by atoms with Crippen LogP contribution in [0.15, 0.2) is 60.7 Å². The summed E-state index contributed by atoms with van der Waals surface area (Å²) in [6.07, 6.45) is -6.20. The van der Waals surface area contributed by atoms with Crippen molar-refractivity contribution < 1.29 is 33.3 Å². The van der Waals surface area contributed by atoms with Crippen LogP contribution in [0, 0.1) is 0 Å². The predicted molar refractivity (Wildman–Crippen MR) is 88.1 cm³/mol. The minimum absolute atomic E-state index is 0.237. The molecule has 3 rings (SSSR count). The summed E-state index contributed by atoms with van der Waals surface area (Å²) in [7, 11) is 0. The van der Waals surface area contributed by atoms with Crippen molar-refractivity contribution in [3.05, 3.63) is 71.8 Å². The van der Waals surface area contributed by atoms with Crippen LogP contribution in [0.1, 0.15) is 20.7 Å². The number of hydrogen-bond donors (Lipinski definition) is 1.